The zero-order chi connectivity index (χ0) is 20.6. The first-order valence-corrected chi connectivity index (χ1v) is 11.2. The lowest BCUT2D eigenvalue weighted by Crippen LogP contribution is -2.49. The van der Waals surface area contributed by atoms with Crippen molar-refractivity contribution in [2.75, 3.05) is 59.5 Å². The van der Waals surface area contributed by atoms with E-state index in [1.165, 1.54) is 6.42 Å². The van der Waals surface area contributed by atoms with Gasteiger partial charge in [0.05, 0.1) is 6.61 Å². The lowest BCUT2D eigenvalue weighted by atomic mass is 9.95. The van der Waals surface area contributed by atoms with E-state index in [0.29, 0.717) is 30.5 Å². The fraction of sp³-hybridized carbons (Fsp3) is 0.857. The van der Waals surface area contributed by atoms with Gasteiger partial charge in [0, 0.05) is 45.6 Å². The molecule has 0 aliphatic carbocycles. The lowest BCUT2D eigenvalue weighted by molar-refractivity contribution is -0.126. The van der Waals surface area contributed by atoms with Crippen molar-refractivity contribution < 1.29 is 14.3 Å². The van der Waals surface area contributed by atoms with E-state index in [-0.39, 0.29) is 11.8 Å². The Morgan fingerprint density at radius 2 is 2.00 bits per heavy atom. The van der Waals surface area contributed by atoms with Crippen molar-refractivity contribution in [3.8, 4) is 0 Å². The van der Waals surface area contributed by atoms with E-state index < -0.39 is 0 Å². The van der Waals surface area contributed by atoms with E-state index in [9.17, 15) is 9.59 Å². The van der Waals surface area contributed by atoms with Crippen molar-refractivity contribution in [1.82, 2.24) is 20.1 Å². The van der Waals surface area contributed by atoms with Crippen molar-refractivity contribution in [2.45, 2.75) is 51.5 Å². The number of nitrogens with zero attached hydrogens (tertiary/aromatic N) is 4. The van der Waals surface area contributed by atoms with Crippen LogP contribution >= 0.6 is 0 Å². The minimum absolute atomic E-state index is 0.00904. The summed E-state index contributed by atoms with van der Waals surface area (Å²) in [6.07, 6.45) is 5.36. The van der Waals surface area contributed by atoms with Crippen molar-refractivity contribution in [1.29, 1.82) is 0 Å². The number of piperidine rings is 1. The molecular formula is C21H37N5O3. The highest BCUT2D eigenvalue weighted by Crippen LogP contribution is 2.22. The summed E-state index contributed by atoms with van der Waals surface area (Å²) >= 11 is 0. The molecule has 2 amide bonds. The smallest absolute Gasteiger partial charge is 0.270 e. The van der Waals surface area contributed by atoms with Gasteiger partial charge >= 0.3 is 0 Å². The van der Waals surface area contributed by atoms with E-state index in [4.69, 9.17) is 4.74 Å². The first-order chi connectivity index (χ1) is 14.1. The zero-order valence-corrected chi connectivity index (χ0v) is 18.1. The van der Waals surface area contributed by atoms with Gasteiger partial charge < -0.3 is 14.5 Å². The van der Waals surface area contributed by atoms with Gasteiger partial charge in [0.15, 0.2) is 0 Å². The Bertz CT molecular complexity index is 589. The number of likely N-dealkylation sites (N-methyl/N-ethyl adjacent to an activating group) is 1. The van der Waals surface area contributed by atoms with Crippen LogP contribution in [0.1, 0.15) is 45.4 Å². The summed E-state index contributed by atoms with van der Waals surface area (Å²) in [7, 11) is 1.75. The van der Waals surface area contributed by atoms with E-state index in [2.05, 4.69) is 27.3 Å². The maximum Gasteiger partial charge on any atom is 0.270 e. The third-order valence-corrected chi connectivity index (χ3v) is 6.57. The Hall–Kier alpha value is -1.51. The Balaban J connectivity index is 1.61. The van der Waals surface area contributed by atoms with Crippen LogP contribution in [0.15, 0.2) is 5.10 Å². The molecule has 2 saturated heterocycles. The highest BCUT2D eigenvalue weighted by molar-refractivity contribution is 6.39. The molecule has 0 spiro atoms. The normalized spacial score (nSPS) is 24.4. The van der Waals surface area contributed by atoms with Gasteiger partial charge in [0.25, 0.3) is 5.91 Å². The number of carbonyl (C=O) groups is 2. The fourth-order valence-corrected chi connectivity index (χ4v) is 4.75. The molecule has 2 fully saturated rings. The van der Waals surface area contributed by atoms with Gasteiger partial charge in [-0.15, -0.1) is 0 Å². The molecule has 3 heterocycles. The molecule has 0 aromatic carbocycles. The van der Waals surface area contributed by atoms with E-state index in [0.717, 1.165) is 71.7 Å². The molecule has 0 unspecified atom stereocenters. The number of hydrogen-bond donors (Lipinski definition) is 1. The summed E-state index contributed by atoms with van der Waals surface area (Å²) in [6.45, 7) is 9.79. The van der Waals surface area contributed by atoms with Crippen molar-refractivity contribution in [3.05, 3.63) is 0 Å². The van der Waals surface area contributed by atoms with Crippen molar-refractivity contribution >= 4 is 17.5 Å². The summed E-state index contributed by atoms with van der Waals surface area (Å²) in [4.78, 5) is 31.6. The molecule has 8 nitrogen and oxygen atoms in total. The molecule has 29 heavy (non-hydrogen) atoms. The van der Waals surface area contributed by atoms with Gasteiger partial charge in [0.1, 0.15) is 5.71 Å². The molecule has 0 radical (unpaired) electrons. The second-order valence-electron chi connectivity index (χ2n) is 8.51. The summed E-state index contributed by atoms with van der Waals surface area (Å²) < 4.78 is 5.19. The Labute approximate surface area is 174 Å². The van der Waals surface area contributed by atoms with Gasteiger partial charge in [-0.05, 0) is 57.8 Å². The molecule has 0 saturated carbocycles. The predicted molar refractivity (Wildman–Crippen MR) is 113 cm³/mol. The maximum absolute atomic E-state index is 13.3. The first-order valence-electron chi connectivity index (χ1n) is 11.2. The average Bonchev–Trinajstić information content (AvgIpc) is 3.20. The topological polar surface area (TPSA) is 77.5 Å². The molecule has 164 valence electrons. The largest absolute Gasteiger partial charge is 0.383 e. The quantitative estimate of drug-likeness (QED) is 0.615. The van der Waals surface area contributed by atoms with Crippen molar-refractivity contribution in [3.63, 3.8) is 0 Å². The van der Waals surface area contributed by atoms with Gasteiger partial charge in [0.2, 0.25) is 5.91 Å². The molecule has 8 heteroatoms. The Morgan fingerprint density at radius 3 is 2.66 bits per heavy atom. The van der Waals surface area contributed by atoms with Crippen molar-refractivity contribution in [2.24, 2.45) is 11.0 Å². The summed E-state index contributed by atoms with van der Waals surface area (Å²) in [5.41, 5.74) is 2.99. The third kappa shape index (κ3) is 6.23. The Morgan fingerprint density at radius 1 is 1.21 bits per heavy atom. The van der Waals surface area contributed by atoms with Gasteiger partial charge in [-0.3, -0.25) is 14.5 Å². The van der Waals surface area contributed by atoms with Gasteiger partial charge in [-0.25, -0.2) is 5.43 Å². The molecular weight excluding hydrogens is 370 g/mol. The number of rotatable bonds is 9. The van der Waals surface area contributed by atoms with Crippen LogP contribution in [0, 0.1) is 5.92 Å². The lowest BCUT2D eigenvalue weighted by Gasteiger charge is -2.37. The number of hydrogen-bond acceptors (Lipinski definition) is 6. The van der Waals surface area contributed by atoms with E-state index >= 15 is 0 Å². The predicted octanol–water partition coefficient (Wildman–Crippen LogP) is 0.924. The van der Waals surface area contributed by atoms with E-state index in [1.807, 2.05) is 4.90 Å². The summed E-state index contributed by atoms with van der Waals surface area (Å²) in [6, 6.07) is 0.435. The summed E-state index contributed by atoms with van der Waals surface area (Å²) in [5.74, 6) is 0.423. The second kappa shape index (κ2) is 11.0. The zero-order valence-electron chi connectivity index (χ0n) is 18.1. The molecule has 3 aliphatic rings. The monoisotopic (exact) mass is 407 g/mol. The van der Waals surface area contributed by atoms with Gasteiger partial charge in [-0.1, -0.05) is 6.92 Å². The Kier molecular flexibility index (Phi) is 8.44. The van der Waals surface area contributed by atoms with Crippen LogP contribution < -0.4 is 5.43 Å². The number of likely N-dealkylation sites (tertiary alicyclic amines) is 2. The van der Waals surface area contributed by atoms with Crippen LogP contribution in [0.4, 0.5) is 0 Å². The number of amides is 2. The molecule has 3 aliphatic heterocycles. The SMILES string of the molecule is CCN1CCC[C@H]1CN(CC1CCN(CCOC)CC1)C(=O)C1=NNC(=O)CC1. The van der Waals surface area contributed by atoms with Crippen LogP contribution in [0.5, 0.6) is 0 Å². The molecule has 3 rings (SSSR count). The average molecular weight is 408 g/mol. The molecule has 0 aromatic heterocycles. The molecule has 1 atom stereocenters. The van der Waals surface area contributed by atoms with Crippen LogP contribution in [0.3, 0.4) is 0 Å². The number of hydrazone groups is 1. The third-order valence-electron chi connectivity index (χ3n) is 6.57. The molecule has 0 aromatic rings. The standard InChI is InChI=1S/C21H37N5O3/c1-3-25-10-4-5-18(25)16-26(21(28)19-6-7-20(27)23-22-19)15-17-8-11-24(12-9-17)13-14-29-2/h17-18H,3-16H2,1-2H3,(H,23,27)/t18-/m0/s1. The van der Waals surface area contributed by atoms with Crippen LogP contribution in [-0.4, -0.2) is 97.8 Å². The fourth-order valence-electron chi connectivity index (χ4n) is 4.75. The second-order valence-corrected chi connectivity index (χ2v) is 8.51. The minimum atomic E-state index is -0.107. The number of ether oxygens (including phenoxy) is 1. The van der Waals surface area contributed by atoms with Crippen LogP contribution in [0.2, 0.25) is 0 Å². The summed E-state index contributed by atoms with van der Waals surface area (Å²) in [5, 5.41) is 4.07. The minimum Gasteiger partial charge on any atom is -0.383 e. The number of methoxy groups -OCH3 is 1. The van der Waals surface area contributed by atoms with Crippen LogP contribution in [0.25, 0.3) is 0 Å². The van der Waals surface area contributed by atoms with Crippen LogP contribution in [-0.2, 0) is 14.3 Å². The molecule has 1 N–H and O–H groups in total. The van der Waals surface area contributed by atoms with Gasteiger partial charge in [-0.2, -0.15) is 5.10 Å². The number of nitrogens with one attached hydrogen (secondary N) is 1. The highest BCUT2D eigenvalue weighted by Gasteiger charge is 2.32. The van der Waals surface area contributed by atoms with E-state index in [1.54, 1.807) is 7.11 Å². The number of carbonyl (C=O) groups excluding carboxylic acids is 2. The molecule has 0 bridgehead atoms. The highest BCUT2D eigenvalue weighted by atomic mass is 16.5. The first kappa shape index (κ1) is 22.2. The maximum atomic E-state index is 13.3.